The largest absolute Gasteiger partial charge is 0.493 e. The topological polar surface area (TPSA) is 83.1 Å². The van der Waals surface area contributed by atoms with Crippen LogP contribution < -0.4 is 42.6 Å². The summed E-state index contributed by atoms with van der Waals surface area (Å²) in [4.78, 5) is 0. The summed E-state index contributed by atoms with van der Waals surface area (Å²) in [5, 5.41) is 0. The third kappa shape index (κ3) is 13.9. The van der Waals surface area contributed by atoms with Gasteiger partial charge >= 0.3 is 0 Å². The molecular formula is C47H62O9. The molecule has 0 heterocycles. The fourth-order valence-electron chi connectivity index (χ4n) is 5.15. The summed E-state index contributed by atoms with van der Waals surface area (Å²) >= 11 is 0. The van der Waals surface area contributed by atoms with E-state index >= 15 is 0 Å². The van der Waals surface area contributed by atoms with Crippen LogP contribution in [0.3, 0.4) is 0 Å². The molecule has 0 fully saturated rings. The van der Waals surface area contributed by atoms with E-state index in [1.54, 1.807) is 48.7 Å². The summed E-state index contributed by atoms with van der Waals surface area (Å²) in [7, 11) is 9.76. The maximum Gasteiger partial charge on any atom is 0.203 e. The van der Waals surface area contributed by atoms with E-state index in [0.29, 0.717) is 71.6 Å². The first-order chi connectivity index (χ1) is 27.3. The second-order valence-corrected chi connectivity index (χ2v) is 11.8. The lowest BCUT2D eigenvalue weighted by molar-refractivity contribution is 0.275. The first-order valence-corrected chi connectivity index (χ1v) is 19.1. The van der Waals surface area contributed by atoms with Gasteiger partial charge in [0, 0.05) is 0 Å². The van der Waals surface area contributed by atoms with Crippen molar-refractivity contribution in [2.24, 2.45) is 0 Å². The van der Waals surface area contributed by atoms with Crippen LogP contribution in [0.5, 0.6) is 51.7 Å². The highest BCUT2D eigenvalue weighted by Gasteiger charge is 2.15. The Balaban J connectivity index is 0.000000502. The smallest absolute Gasteiger partial charge is 0.203 e. The third-order valence-corrected chi connectivity index (χ3v) is 7.91. The molecule has 0 saturated carbocycles. The number of ether oxygens (including phenoxy) is 9. The molecule has 0 amide bonds. The minimum Gasteiger partial charge on any atom is -0.493 e. The van der Waals surface area contributed by atoms with Crippen molar-refractivity contribution < 1.29 is 42.6 Å². The van der Waals surface area contributed by atoms with Crippen molar-refractivity contribution in [2.75, 3.05) is 62.5 Å². The van der Waals surface area contributed by atoms with Gasteiger partial charge in [0.1, 0.15) is 0 Å². The molecule has 0 unspecified atom stereocenters. The Labute approximate surface area is 335 Å². The van der Waals surface area contributed by atoms with Gasteiger partial charge in [-0.05, 0) is 83.5 Å². The summed E-state index contributed by atoms with van der Waals surface area (Å²) in [6, 6.07) is 19.8. The average Bonchev–Trinajstić information content (AvgIpc) is 3.25. The maximum absolute atomic E-state index is 5.83. The molecule has 56 heavy (non-hydrogen) atoms. The molecule has 4 rings (SSSR count). The molecule has 9 nitrogen and oxygen atoms in total. The first-order valence-electron chi connectivity index (χ1n) is 19.1. The van der Waals surface area contributed by atoms with Crippen molar-refractivity contribution in [3.05, 3.63) is 95.1 Å². The predicted molar refractivity (Wildman–Crippen MR) is 232 cm³/mol. The standard InChI is InChI=1S/C32H38O6.C13H18O3.C2H6/c1-7-17-37-31-27(33-3)19-25(20-28(31)34-4)15-13-23-9-11-24(12-10-23)14-16-26-21-29(35-5)32(38-18-8-2)30(22-26)36-6;1-5-7-16-13-11(14-3)8-10(6-2)9-12(13)15-4;1-2/h9-16,19-22H,7-8,17-18H2,1-6H3;6,8-9H,2,5,7H2,1,3-4H3;1-2H3/b15-13+,16-14+;;. The normalized spacial score (nSPS) is 10.4. The Morgan fingerprint density at radius 1 is 0.393 bits per heavy atom. The average molecular weight is 771 g/mol. The number of hydrogen-bond acceptors (Lipinski definition) is 9. The fraction of sp³-hybridized carbons (Fsp3) is 0.362. The molecule has 0 saturated heterocycles. The van der Waals surface area contributed by atoms with Crippen LogP contribution in [0.25, 0.3) is 30.4 Å². The van der Waals surface area contributed by atoms with Crippen LogP contribution in [0, 0.1) is 0 Å². The number of benzene rings is 4. The van der Waals surface area contributed by atoms with Gasteiger partial charge in [-0.2, -0.15) is 0 Å². The van der Waals surface area contributed by atoms with Crippen molar-refractivity contribution in [1.29, 1.82) is 0 Å². The van der Waals surface area contributed by atoms with Crippen LogP contribution in [0.2, 0.25) is 0 Å². The van der Waals surface area contributed by atoms with E-state index < -0.39 is 0 Å². The summed E-state index contributed by atoms with van der Waals surface area (Å²) in [6.07, 6.45) is 12.7. The van der Waals surface area contributed by atoms with Gasteiger partial charge in [0.05, 0.1) is 62.5 Å². The fourth-order valence-corrected chi connectivity index (χ4v) is 5.15. The van der Waals surface area contributed by atoms with Crippen molar-refractivity contribution >= 4 is 30.4 Å². The SMILES string of the molecule is C=Cc1cc(OC)c(OCCC)c(OC)c1.CC.CCCOc1c(OC)cc(/C=C/c2ccc(/C=C/c3cc(OC)c(OCCC)c(OC)c3)cc2)cc1OC. The molecule has 4 aromatic carbocycles. The summed E-state index contributed by atoms with van der Waals surface area (Å²) in [5.41, 5.74) is 5.01. The first kappa shape index (κ1) is 46.5. The highest BCUT2D eigenvalue weighted by atomic mass is 16.5. The Morgan fingerprint density at radius 3 is 0.839 bits per heavy atom. The van der Waals surface area contributed by atoms with Crippen molar-refractivity contribution in [3.63, 3.8) is 0 Å². The van der Waals surface area contributed by atoms with Gasteiger partial charge in [0.15, 0.2) is 34.5 Å². The van der Waals surface area contributed by atoms with Gasteiger partial charge in [0.25, 0.3) is 0 Å². The Bertz CT molecular complexity index is 1640. The lowest BCUT2D eigenvalue weighted by atomic mass is 10.1. The van der Waals surface area contributed by atoms with E-state index in [-0.39, 0.29) is 0 Å². The van der Waals surface area contributed by atoms with Gasteiger partial charge in [-0.25, -0.2) is 0 Å². The quantitative estimate of drug-likeness (QED) is 0.0816. The van der Waals surface area contributed by atoms with Crippen LogP contribution in [-0.4, -0.2) is 62.5 Å². The zero-order chi connectivity index (χ0) is 41.3. The number of rotatable bonds is 20. The van der Waals surface area contributed by atoms with Gasteiger partial charge < -0.3 is 42.6 Å². The zero-order valence-corrected chi connectivity index (χ0v) is 35.3. The summed E-state index contributed by atoms with van der Waals surface area (Å²) in [6.45, 7) is 15.7. The van der Waals surface area contributed by atoms with E-state index in [4.69, 9.17) is 42.6 Å². The summed E-state index contributed by atoms with van der Waals surface area (Å²) in [5.74, 6) is 5.84. The van der Waals surface area contributed by atoms with Crippen molar-refractivity contribution in [3.8, 4) is 51.7 Å². The predicted octanol–water partition coefficient (Wildman–Crippen LogP) is 11.8. The second kappa shape index (κ2) is 26.2. The molecule has 4 aromatic rings. The number of methoxy groups -OCH3 is 6. The monoisotopic (exact) mass is 770 g/mol. The molecule has 0 atom stereocenters. The van der Waals surface area contributed by atoms with Crippen LogP contribution in [0.15, 0.2) is 67.2 Å². The van der Waals surface area contributed by atoms with Crippen LogP contribution >= 0.6 is 0 Å². The molecule has 0 aliphatic heterocycles. The molecule has 304 valence electrons. The van der Waals surface area contributed by atoms with Crippen LogP contribution in [0.1, 0.15) is 81.7 Å². The molecule has 0 aliphatic carbocycles. The highest BCUT2D eigenvalue weighted by Crippen LogP contribution is 2.41. The Kier molecular flexibility index (Phi) is 21.7. The van der Waals surface area contributed by atoms with E-state index in [1.165, 1.54) is 0 Å². The Morgan fingerprint density at radius 2 is 0.625 bits per heavy atom. The van der Waals surface area contributed by atoms with E-state index in [9.17, 15) is 0 Å². The van der Waals surface area contributed by atoms with E-state index in [2.05, 4.69) is 63.8 Å². The minimum absolute atomic E-state index is 0.600. The van der Waals surface area contributed by atoms with Crippen molar-refractivity contribution in [2.45, 2.75) is 53.9 Å². The van der Waals surface area contributed by atoms with Crippen LogP contribution in [0.4, 0.5) is 0 Å². The van der Waals surface area contributed by atoms with Gasteiger partial charge in [-0.1, -0.05) is 95.8 Å². The minimum atomic E-state index is 0.600. The maximum atomic E-state index is 5.83. The van der Waals surface area contributed by atoms with E-state index in [1.807, 2.05) is 62.4 Å². The van der Waals surface area contributed by atoms with Crippen molar-refractivity contribution in [1.82, 2.24) is 0 Å². The zero-order valence-electron chi connectivity index (χ0n) is 35.3. The molecule has 0 N–H and O–H groups in total. The lowest BCUT2D eigenvalue weighted by Crippen LogP contribution is -2.00. The van der Waals surface area contributed by atoms with Gasteiger partial charge in [-0.3, -0.25) is 0 Å². The lowest BCUT2D eigenvalue weighted by Gasteiger charge is -2.15. The molecule has 0 aliphatic rings. The molecular weight excluding hydrogens is 709 g/mol. The Hall–Kier alpha value is -5.70. The second-order valence-electron chi connectivity index (χ2n) is 11.8. The molecule has 0 radical (unpaired) electrons. The summed E-state index contributed by atoms with van der Waals surface area (Å²) < 4.78 is 50.0. The molecule has 0 aromatic heterocycles. The van der Waals surface area contributed by atoms with Gasteiger partial charge in [-0.15, -0.1) is 0 Å². The highest BCUT2D eigenvalue weighted by molar-refractivity contribution is 5.75. The van der Waals surface area contributed by atoms with E-state index in [0.717, 1.165) is 47.1 Å². The molecule has 0 bridgehead atoms. The van der Waals surface area contributed by atoms with Gasteiger partial charge in [0.2, 0.25) is 17.2 Å². The molecule has 9 heteroatoms. The third-order valence-electron chi connectivity index (χ3n) is 7.91. The van der Waals surface area contributed by atoms with Crippen LogP contribution in [-0.2, 0) is 0 Å². The number of hydrogen-bond donors (Lipinski definition) is 0. The molecule has 0 spiro atoms.